The van der Waals surface area contributed by atoms with Crippen LogP contribution in [0, 0.1) is 0 Å². The highest BCUT2D eigenvalue weighted by atomic mass is 16.1. The molecule has 0 saturated carbocycles. The van der Waals surface area contributed by atoms with Crippen molar-refractivity contribution in [3.63, 3.8) is 0 Å². The highest BCUT2D eigenvalue weighted by molar-refractivity contribution is 5.20. The molecule has 1 aliphatic heterocycles. The van der Waals surface area contributed by atoms with Crippen LogP contribution in [0.25, 0.3) is 0 Å². The molecule has 1 aromatic heterocycles. The van der Waals surface area contributed by atoms with Gasteiger partial charge in [-0.05, 0) is 14.0 Å². The Balaban J connectivity index is 2.48. The highest BCUT2D eigenvalue weighted by Crippen LogP contribution is 2.13. The van der Waals surface area contributed by atoms with Crippen molar-refractivity contribution in [2.75, 3.05) is 13.6 Å². The lowest BCUT2D eigenvalue weighted by Gasteiger charge is -2.22. The van der Waals surface area contributed by atoms with Gasteiger partial charge in [0.25, 0.3) is 5.56 Å². The normalized spacial score (nSPS) is 17.4. The van der Waals surface area contributed by atoms with Crippen LogP contribution < -0.4 is 5.56 Å². The fourth-order valence-corrected chi connectivity index (χ4v) is 1.92. The van der Waals surface area contributed by atoms with Gasteiger partial charge in [0.05, 0.1) is 5.56 Å². The molecule has 0 atom stereocenters. The number of hydrogen-bond acceptors (Lipinski definition) is 2. The van der Waals surface area contributed by atoms with Crippen molar-refractivity contribution < 1.29 is 0 Å². The van der Waals surface area contributed by atoms with Gasteiger partial charge in [-0.2, -0.15) is 0 Å². The minimum atomic E-state index is 0.0865. The molecule has 13 heavy (non-hydrogen) atoms. The monoisotopic (exact) mass is 181 g/mol. The van der Waals surface area contributed by atoms with E-state index in [1.165, 1.54) is 5.69 Å². The van der Waals surface area contributed by atoms with Crippen molar-refractivity contribution in [2.24, 2.45) is 0 Å². The molecule has 0 bridgehead atoms. The first kappa shape index (κ1) is 8.56. The molecule has 0 fully saturated rings. The molecule has 0 aromatic carbocycles. The van der Waals surface area contributed by atoms with Gasteiger partial charge in [0.2, 0.25) is 0 Å². The molecular weight excluding hydrogens is 166 g/mol. The van der Waals surface area contributed by atoms with Gasteiger partial charge in [0, 0.05) is 31.7 Å². The molecule has 1 N–H and O–H groups in total. The van der Waals surface area contributed by atoms with Gasteiger partial charge in [-0.3, -0.25) is 14.6 Å². The summed E-state index contributed by atoms with van der Waals surface area (Å²) in [6.45, 7) is 4.74. The summed E-state index contributed by atoms with van der Waals surface area (Å²) in [5.41, 5.74) is 2.24. The summed E-state index contributed by atoms with van der Waals surface area (Å²) in [5, 5.41) is 2.86. The van der Waals surface area contributed by atoms with Crippen LogP contribution in [-0.4, -0.2) is 28.3 Å². The Labute approximate surface area is 77.1 Å². The molecule has 4 heteroatoms. The van der Waals surface area contributed by atoms with Crippen LogP contribution in [0.5, 0.6) is 0 Å². The van der Waals surface area contributed by atoms with Crippen LogP contribution in [0.1, 0.15) is 18.2 Å². The Hall–Kier alpha value is -1.03. The largest absolute Gasteiger partial charge is 0.301 e. The second-order valence-electron chi connectivity index (χ2n) is 3.60. The Bertz CT molecular complexity index is 363. The maximum atomic E-state index is 11.5. The number of likely N-dealkylation sites (N-methyl/N-ethyl adjacent to an activating group) is 1. The van der Waals surface area contributed by atoms with Gasteiger partial charge in [-0.1, -0.05) is 0 Å². The SMILES string of the molecule is CCn1[nH]c(=O)c2c1CCN(C)C2. The van der Waals surface area contributed by atoms with Crippen molar-refractivity contribution in [3.8, 4) is 0 Å². The molecule has 0 spiro atoms. The zero-order valence-electron chi connectivity index (χ0n) is 8.13. The summed E-state index contributed by atoms with van der Waals surface area (Å²) in [4.78, 5) is 13.7. The van der Waals surface area contributed by atoms with E-state index < -0.39 is 0 Å². The smallest absolute Gasteiger partial charge is 0.268 e. The van der Waals surface area contributed by atoms with Crippen molar-refractivity contribution in [3.05, 3.63) is 21.6 Å². The standard InChI is InChI=1S/C9H15N3O/c1-3-12-8-4-5-11(2)6-7(8)9(13)10-12/h3-6H2,1-2H3,(H,10,13). The van der Waals surface area contributed by atoms with Crippen molar-refractivity contribution >= 4 is 0 Å². The number of hydrogen-bond donors (Lipinski definition) is 1. The minimum Gasteiger partial charge on any atom is -0.301 e. The number of aromatic amines is 1. The van der Waals surface area contributed by atoms with E-state index in [0.717, 1.165) is 31.6 Å². The van der Waals surface area contributed by atoms with Crippen LogP contribution in [0.3, 0.4) is 0 Å². The molecule has 0 amide bonds. The molecule has 72 valence electrons. The second kappa shape index (κ2) is 3.03. The first-order valence-electron chi connectivity index (χ1n) is 4.71. The number of aromatic nitrogens is 2. The summed E-state index contributed by atoms with van der Waals surface area (Å²) >= 11 is 0. The van der Waals surface area contributed by atoms with E-state index in [9.17, 15) is 4.79 Å². The maximum Gasteiger partial charge on any atom is 0.268 e. The van der Waals surface area contributed by atoms with Gasteiger partial charge in [-0.15, -0.1) is 0 Å². The molecule has 1 aliphatic rings. The number of fused-ring (bicyclic) bond motifs is 1. The Morgan fingerprint density at radius 2 is 2.31 bits per heavy atom. The van der Waals surface area contributed by atoms with E-state index in [1.807, 2.05) is 11.7 Å². The van der Waals surface area contributed by atoms with Crippen LogP contribution >= 0.6 is 0 Å². The number of nitrogens with zero attached hydrogens (tertiary/aromatic N) is 2. The fourth-order valence-electron chi connectivity index (χ4n) is 1.92. The summed E-state index contributed by atoms with van der Waals surface area (Å²) < 4.78 is 1.96. The van der Waals surface area contributed by atoms with Crippen LogP contribution in [-0.2, 0) is 19.5 Å². The fraction of sp³-hybridized carbons (Fsp3) is 0.667. The van der Waals surface area contributed by atoms with E-state index in [2.05, 4.69) is 16.9 Å². The van der Waals surface area contributed by atoms with E-state index in [1.54, 1.807) is 0 Å². The molecule has 0 saturated heterocycles. The maximum absolute atomic E-state index is 11.5. The predicted molar refractivity (Wildman–Crippen MR) is 50.8 cm³/mol. The van der Waals surface area contributed by atoms with Crippen LogP contribution in [0.15, 0.2) is 4.79 Å². The lowest BCUT2D eigenvalue weighted by molar-refractivity contribution is 0.307. The minimum absolute atomic E-state index is 0.0865. The molecule has 1 aromatic rings. The predicted octanol–water partition coefficient (Wildman–Crippen LogP) is 0.184. The molecule has 0 radical (unpaired) electrons. The molecule has 2 rings (SSSR count). The van der Waals surface area contributed by atoms with Gasteiger partial charge in [0.1, 0.15) is 0 Å². The van der Waals surface area contributed by atoms with E-state index >= 15 is 0 Å². The van der Waals surface area contributed by atoms with Crippen LogP contribution in [0.2, 0.25) is 0 Å². The lowest BCUT2D eigenvalue weighted by Crippen LogP contribution is -2.29. The Kier molecular flexibility index (Phi) is 2.00. The third kappa shape index (κ3) is 1.31. The zero-order valence-corrected chi connectivity index (χ0v) is 8.13. The van der Waals surface area contributed by atoms with Gasteiger partial charge in [-0.25, -0.2) is 0 Å². The first-order chi connectivity index (χ1) is 6.22. The van der Waals surface area contributed by atoms with Crippen LogP contribution in [0.4, 0.5) is 0 Å². The third-order valence-electron chi connectivity index (χ3n) is 2.66. The topological polar surface area (TPSA) is 41.0 Å². The van der Waals surface area contributed by atoms with Crippen molar-refractivity contribution in [1.82, 2.24) is 14.7 Å². The van der Waals surface area contributed by atoms with Crippen molar-refractivity contribution in [1.29, 1.82) is 0 Å². The summed E-state index contributed by atoms with van der Waals surface area (Å²) in [6, 6.07) is 0. The Morgan fingerprint density at radius 3 is 3.00 bits per heavy atom. The lowest BCUT2D eigenvalue weighted by atomic mass is 10.1. The number of rotatable bonds is 1. The highest BCUT2D eigenvalue weighted by Gasteiger charge is 2.20. The number of H-pyrrole nitrogens is 1. The molecule has 0 aliphatic carbocycles. The van der Waals surface area contributed by atoms with Crippen molar-refractivity contribution in [2.45, 2.75) is 26.4 Å². The first-order valence-corrected chi connectivity index (χ1v) is 4.71. The average Bonchev–Trinajstić information content (AvgIpc) is 2.43. The summed E-state index contributed by atoms with van der Waals surface area (Å²) in [6.07, 6.45) is 0.985. The third-order valence-corrected chi connectivity index (χ3v) is 2.66. The molecule has 0 unspecified atom stereocenters. The quantitative estimate of drug-likeness (QED) is 0.671. The molecule has 4 nitrogen and oxygen atoms in total. The number of aryl methyl sites for hydroxylation is 1. The number of nitrogens with one attached hydrogen (secondary N) is 1. The Morgan fingerprint density at radius 1 is 1.54 bits per heavy atom. The second-order valence-corrected chi connectivity index (χ2v) is 3.60. The average molecular weight is 181 g/mol. The van der Waals surface area contributed by atoms with Gasteiger partial charge >= 0.3 is 0 Å². The van der Waals surface area contributed by atoms with E-state index in [0.29, 0.717) is 0 Å². The van der Waals surface area contributed by atoms with E-state index in [4.69, 9.17) is 0 Å². The molecule has 2 heterocycles. The molecular formula is C9H15N3O. The summed E-state index contributed by atoms with van der Waals surface area (Å²) in [7, 11) is 2.05. The summed E-state index contributed by atoms with van der Waals surface area (Å²) in [5.74, 6) is 0. The van der Waals surface area contributed by atoms with Gasteiger partial charge < -0.3 is 4.90 Å². The van der Waals surface area contributed by atoms with E-state index in [-0.39, 0.29) is 5.56 Å². The van der Waals surface area contributed by atoms with Gasteiger partial charge in [0.15, 0.2) is 0 Å². The zero-order chi connectivity index (χ0) is 9.42.